The van der Waals surface area contributed by atoms with E-state index < -0.39 is 0 Å². The van der Waals surface area contributed by atoms with E-state index in [1.54, 1.807) is 19.2 Å². The number of benzene rings is 1. The van der Waals surface area contributed by atoms with Crippen LogP contribution < -0.4 is 5.32 Å². The van der Waals surface area contributed by atoms with Gasteiger partial charge in [0.15, 0.2) is 0 Å². The highest BCUT2D eigenvalue weighted by Gasteiger charge is 2.04. The highest BCUT2D eigenvalue weighted by molar-refractivity contribution is 6.33. The van der Waals surface area contributed by atoms with Crippen molar-refractivity contribution in [1.82, 2.24) is 0 Å². The maximum Gasteiger partial charge on any atom is 0.147 e. The van der Waals surface area contributed by atoms with Crippen molar-refractivity contribution in [2.45, 2.75) is 0 Å². The fraction of sp³-hybridized carbons (Fsp3) is 0.455. The van der Waals surface area contributed by atoms with Gasteiger partial charge in [0.2, 0.25) is 0 Å². The summed E-state index contributed by atoms with van der Waals surface area (Å²) in [5.74, 6) is -0.357. The SMILES string of the molecule is COCCOCCNc1c(F)cccc1Cl. The van der Waals surface area contributed by atoms with Crippen molar-refractivity contribution in [3.8, 4) is 0 Å². The third kappa shape index (κ3) is 4.35. The quantitative estimate of drug-likeness (QED) is 0.752. The van der Waals surface area contributed by atoms with Crippen LogP contribution in [-0.4, -0.2) is 33.5 Å². The van der Waals surface area contributed by atoms with Crippen molar-refractivity contribution in [1.29, 1.82) is 0 Å². The molecule has 0 saturated carbocycles. The van der Waals surface area contributed by atoms with E-state index in [1.165, 1.54) is 6.07 Å². The number of hydrogen-bond acceptors (Lipinski definition) is 3. The van der Waals surface area contributed by atoms with E-state index in [9.17, 15) is 4.39 Å². The third-order valence-corrected chi connectivity index (χ3v) is 2.26. The molecule has 1 rings (SSSR count). The van der Waals surface area contributed by atoms with E-state index in [0.717, 1.165) is 0 Å². The first-order chi connectivity index (χ1) is 7.75. The van der Waals surface area contributed by atoms with Gasteiger partial charge in [0, 0.05) is 13.7 Å². The molecule has 1 aromatic rings. The van der Waals surface area contributed by atoms with Crippen LogP contribution in [0.2, 0.25) is 5.02 Å². The van der Waals surface area contributed by atoms with Crippen LogP contribution in [0, 0.1) is 5.82 Å². The molecule has 0 radical (unpaired) electrons. The lowest BCUT2D eigenvalue weighted by Crippen LogP contribution is -2.12. The standard InChI is InChI=1S/C11H15ClFNO2/c1-15-7-8-16-6-5-14-11-9(12)3-2-4-10(11)13/h2-4,14H,5-8H2,1H3. The summed E-state index contributed by atoms with van der Waals surface area (Å²) in [6.07, 6.45) is 0. The van der Waals surface area contributed by atoms with Gasteiger partial charge in [-0.15, -0.1) is 0 Å². The molecule has 5 heteroatoms. The first-order valence-electron chi connectivity index (χ1n) is 5.00. The van der Waals surface area contributed by atoms with Crippen molar-refractivity contribution < 1.29 is 13.9 Å². The molecule has 1 aromatic carbocycles. The smallest absolute Gasteiger partial charge is 0.147 e. The van der Waals surface area contributed by atoms with Gasteiger partial charge in [-0.2, -0.15) is 0 Å². The fourth-order valence-electron chi connectivity index (χ4n) is 1.16. The largest absolute Gasteiger partial charge is 0.382 e. The number of rotatable bonds is 7. The monoisotopic (exact) mass is 247 g/mol. The molecule has 0 fully saturated rings. The molecule has 0 aliphatic carbocycles. The first kappa shape index (κ1) is 13.2. The van der Waals surface area contributed by atoms with Gasteiger partial charge in [0.25, 0.3) is 0 Å². The fourth-order valence-corrected chi connectivity index (χ4v) is 1.39. The second kappa shape index (κ2) is 7.44. The number of hydrogen-bond donors (Lipinski definition) is 1. The lowest BCUT2D eigenvalue weighted by molar-refractivity contribution is 0.0759. The maximum absolute atomic E-state index is 13.3. The summed E-state index contributed by atoms with van der Waals surface area (Å²) in [6.45, 7) is 2.07. The van der Waals surface area contributed by atoms with Gasteiger partial charge in [-0.25, -0.2) is 4.39 Å². The van der Waals surface area contributed by atoms with Gasteiger partial charge in [-0.1, -0.05) is 17.7 Å². The Balaban J connectivity index is 2.26. The molecule has 0 spiro atoms. The van der Waals surface area contributed by atoms with Gasteiger partial charge >= 0.3 is 0 Å². The van der Waals surface area contributed by atoms with Crippen LogP contribution in [0.15, 0.2) is 18.2 Å². The number of nitrogens with one attached hydrogen (secondary N) is 1. The normalized spacial score (nSPS) is 10.4. The minimum absolute atomic E-state index is 0.319. The minimum atomic E-state index is -0.357. The van der Waals surface area contributed by atoms with Gasteiger partial charge in [0.05, 0.1) is 30.5 Å². The van der Waals surface area contributed by atoms with Gasteiger partial charge in [-0.3, -0.25) is 0 Å². The molecule has 16 heavy (non-hydrogen) atoms. The summed E-state index contributed by atoms with van der Waals surface area (Å²) in [4.78, 5) is 0. The molecule has 0 heterocycles. The summed E-state index contributed by atoms with van der Waals surface area (Å²) >= 11 is 5.83. The van der Waals surface area contributed by atoms with Gasteiger partial charge < -0.3 is 14.8 Å². The minimum Gasteiger partial charge on any atom is -0.382 e. The van der Waals surface area contributed by atoms with Gasteiger partial charge in [-0.05, 0) is 12.1 Å². The summed E-state index contributed by atoms with van der Waals surface area (Å²) in [5.41, 5.74) is 0.319. The molecule has 0 atom stereocenters. The van der Waals surface area contributed by atoms with E-state index in [4.69, 9.17) is 21.1 Å². The predicted octanol–water partition coefficient (Wildman–Crippen LogP) is 2.55. The van der Waals surface area contributed by atoms with Crippen molar-refractivity contribution in [3.63, 3.8) is 0 Å². The predicted molar refractivity (Wildman–Crippen MR) is 62.6 cm³/mol. The summed E-state index contributed by atoms with van der Waals surface area (Å²) in [5, 5.41) is 3.26. The molecule has 0 saturated heterocycles. The van der Waals surface area contributed by atoms with Crippen LogP contribution in [0.25, 0.3) is 0 Å². The molecule has 1 N–H and O–H groups in total. The van der Waals surface area contributed by atoms with E-state index in [0.29, 0.717) is 37.1 Å². The zero-order valence-electron chi connectivity index (χ0n) is 9.13. The summed E-state index contributed by atoms with van der Waals surface area (Å²) in [6, 6.07) is 4.57. The van der Waals surface area contributed by atoms with Crippen LogP contribution in [0.4, 0.5) is 10.1 Å². The number of halogens is 2. The molecule has 0 aromatic heterocycles. The molecule has 0 bridgehead atoms. The van der Waals surface area contributed by atoms with Gasteiger partial charge in [0.1, 0.15) is 5.82 Å². The Hall–Kier alpha value is -0.840. The van der Waals surface area contributed by atoms with Crippen LogP contribution >= 0.6 is 11.6 Å². The lowest BCUT2D eigenvalue weighted by Gasteiger charge is -2.09. The number of para-hydroxylation sites is 1. The molecule has 0 aliphatic rings. The average Bonchev–Trinajstić information content (AvgIpc) is 2.26. The number of methoxy groups -OCH3 is 1. The zero-order chi connectivity index (χ0) is 11.8. The number of ether oxygens (including phenoxy) is 2. The maximum atomic E-state index is 13.3. The lowest BCUT2D eigenvalue weighted by atomic mass is 10.3. The van der Waals surface area contributed by atoms with E-state index in [-0.39, 0.29) is 5.82 Å². The molecular formula is C11H15ClFNO2. The first-order valence-corrected chi connectivity index (χ1v) is 5.38. The Morgan fingerprint density at radius 3 is 2.81 bits per heavy atom. The highest BCUT2D eigenvalue weighted by atomic mass is 35.5. The Bertz CT molecular complexity index is 303. The van der Waals surface area contributed by atoms with Crippen LogP contribution in [-0.2, 0) is 9.47 Å². The average molecular weight is 248 g/mol. The Morgan fingerprint density at radius 2 is 2.12 bits per heavy atom. The summed E-state index contributed by atoms with van der Waals surface area (Å²) < 4.78 is 23.3. The third-order valence-electron chi connectivity index (χ3n) is 1.94. The molecule has 0 amide bonds. The second-order valence-electron chi connectivity index (χ2n) is 3.13. The topological polar surface area (TPSA) is 30.5 Å². The van der Waals surface area contributed by atoms with E-state index in [2.05, 4.69) is 5.32 Å². The Labute approximate surface area is 99.5 Å². The Morgan fingerprint density at radius 1 is 1.31 bits per heavy atom. The van der Waals surface area contributed by atoms with Crippen molar-refractivity contribution >= 4 is 17.3 Å². The van der Waals surface area contributed by atoms with Crippen molar-refractivity contribution in [2.24, 2.45) is 0 Å². The molecule has 0 aliphatic heterocycles. The number of anilines is 1. The van der Waals surface area contributed by atoms with Crippen LogP contribution in [0.5, 0.6) is 0 Å². The van der Waals surface area contributed by atoms with Crippen LogP contribution in [0.3, 0.4) is 0 Å². The molecular weight excluding hydrogens is 233 g/mol. The van der Waals surface area contributed by atoms with Crippen molar-refractivity contribution in [3.05, 3.63) is 29.0 Å². The second-order valence-corrected chi connectivity index (χ2v) is 3.54. The Kier molecular flexibility index (Phi) is 6.15. The van der Waals surface area contributed by atoms with E-state index >= 15 is 0 Å². The highest BCUT2D eigenvalue weighted by Crippen LogP contribution is 2.23. The van der Waals surface area contributed by atoms with E-state index in [1.807, 2.05) is 0 Å². The molecule has 3 nitrogen and oxygen atoms in total. The zero-order valence-corrected chi connectivity index (χ0v) is 9.89. The van der Waals surface area contributed by atoms with Crippen LogP contribution in [0.1, 0.15) is 0 Å². The molecule has 0 unspecified atom stereocenters. The van der Waals surface area contributed by atoms with Crippen molar-refractivity contribution in [2.75, 3.05) is 38.8 Å². The molecule has 90 valence electrons. The summed E-state index contributed by atoms with van der Waals surface area (Å²) in [7, 11) is 1.61.